The molecule has 21 heavy (non-hydrogen) atoms. The fourth-order valence-electron chi connectivity index (χ4n) is 2.15. The van der Waals surface area contributed by atoms with Crippen LogP contribution in [0.4, 0.5) is 5.69 Å². The molecule has 0 unspecified atom stereocenters. The Bertz CT molecular complexity index is 438. The summed E-state index contributed by atoms with van der Waals surface area (Å²) in [6, 6.07) is 2.08. The van der Waals surface area contributed by atoms with Crippen LogP contribution in [0.3, 0.4) is 0 Å². The van der Waals surface area contributed by atoms with Gasteiger partial charge in [0, 0.05) is 55.9 Å². The van der Waals surface area contributed by atoms with Crippen LogP contribution in [-0.2, 0) is 11.3 Å². The first-order valence-corrected chi connectivity index (χ1v) is 7.92. The Labute approximate surface area is 128 Å². The first-order valence-electron chi connectivity index (χ1n) is 7.92. The van der Waals surface area contributed by atoms with Gasteiger partial charge >= 0.3 is 0 Å². The van der Waals surface area contributed by atoms with Crippen molar-refractivity contribution >= 4 is 5.69 Å². The molecule has 4 heteroatoms. The second kappa shape index (κ2) is 7.23. The monoisotopic (exact) mass is 291 g/mol. The van der Waals surface area contributed by atoms with Crippen molar-refractivity contribution in [1.82, 2.24) is 10.3 Å². The zero-order valence-electron chi connectivity index (χ0n) is 13.9. The van der Waals surface area contributed by atoms with Gasteiger partial charge in [0.1, 0.15) is 0 Å². The minimum absolute atomic E-state index is 0.110. The van der Waals surface area contributed by atoms with Crippen molar-refractivity contribution in [2.24, 2.45) is 5.92 Å². The van der Waals surface area contributed by atoms with Crippen LogP contribution in [0.25, 0.3) is 0 Å². The lowest BCUT2D eigenvalue weighted by atomic mass is 10.1. The Morgan fingerprint density at radius 1 is 1.38 bits per heavy atom. The van der Waals surface area contributed by atoms with Gasteiger partial charge < -0.3 is 15.0 Å². The zero-order chi connectivity index (χ0) is 15.3. The Balaban J connectivity index is 1.84. The Hall–Kier alpha value is -1.13. The van der Waals surface area contributed by atoms with E-state index in [-0.39, 0.29) is 5.54 Å². The lowest BCUT2D eigenvalue weighted by Gasteiger charge is -2.25. The predicted molar refractivity (Wildman–Crippen MR) is 87.6 cm³/mol. The smallest absolute Gasteiger partial charge is 0.0641 e. The fraction of sp³-hybridized carbons (Fsp3) is 0.706. The van der Waals surface area contributed by atoms with Gasteiger partial charge in [-0.2, -0.15) is 0 Å². The van der Waals surface area contributed by atoms with Gasteiger partial charge in [-0.3, -0.25) is 4.98 Å². The number of likely N-dealkylation sites (N-methyl/N-ethyl adjacent to an activating group) is 1. The van der Waals surface area contributed by atoms with E-state index in [0.717, 1.165) is 32.2 Å². The first kappa shape index (κ1) is 16.2. The molecule has 0 spiro atoms. The molecule has 1 N–H and O–H groups in total. The van der Waals surface area contributed by atoms with Crippen molar-refractivity contribution < 1.29 is 4.74 Å². The number of hydrogen-bond donors (Lipinski definition) is 1. The van der Waals surface area contributed by atoms with Crippen molar-refractivity contribution in [2.75, 3.05) is 31.7 Å². The van der Waals surface area contributed by atoms with Crippen molar-refractivity contribution in [3.8, 4) is 0 Å². The quantitative estimate of drug-likeness (QED) is 0.747. The highest BCUT2D eigenvalue weighted by atomic mass is 16.5. The molecule has 0 aliphatic heterocycles. The highest BCUT2D eigenvalue weighted by molar-refractivity contribution is 5.51. The average Bonchev–Trinajstić information content (AvgIpc) is 3.25. The molecule has 118 valence electrons. The van der Waals surface area contributed by atoms with Crippen LogP contribution in [-0.4, -0.2) is 37.3 Å². The van der Waals surface area contributed by atoms with Gasteiger partial charge in [-0.15, -0.1) is 0 Å². The molecule has 0 bridgehead atoms. The molecule has 4 nitrogen and oxygen atoms in total. The molecule has 2 rings (SSSR count). The van der Waals surface area contributed by atoms with Gasteiger partial charge in [-0.05, 0) is 45.6 Å². The van der Waals surface area contributed by atoms with Crippen LogP contribution >= 0.6 is 0 Å². The number of anilines is 1. The maximum Gasteiger partial charge on any atom is 0.0641 e. The van der Waals surface area contributed by atoms with Crippen molar-refractivity contribution in [3.05, 3.63) is 24.0 Å². The maximum absolute atomic E-state index is 5.73. The van der Waals surface area contributed by atoms with E-state index in [1.165, 1.54) is 24.1 Å². The second-order valence-corrected chi connectivity index (χ2v) is 7.05. The first-order chi connectivity index (χ1) is 9.96. The molecule has 1 aliphatic rings. The maximum atomic E-state index is 5.73. The fourth-order valence-corrected chi connectivity index (χ4v) is 2.15. The van der Waals surface area contributed by atoms with Gasteiger partial charge in [-0.25, -0.2) is 0 Å². The van der Waals surface area contributed by atoms with Gasteiger partial charge in [0.15, 0.2) is 0 Å². The minimum atomic E-state index is 0.110. The highest BCUT2D eigenvalue weighted by Crippen LogP contribution is 2.28. The van der Waals surface area contributed by atoms with E-state index >= 15 is 0 Å². The van der Waals surface area contributed by atoms with E-state index in [1.807, 2.05) is 12.4 Å². The third-order valence-electron chi connectivity index (χ3n) is 3.72. The summed E-state index contributed by atoms with van der Waals surface area (Å²) in [5.41, 5.74) is 2.58. The Morgan fingerprint density at radius 2 is 2.14 bits per heavy atom. The summed E-state index contributed by atoms with van der Waals surface area (Å²) in [5.74, 6) is 0.836. The molecule has 0 atom stereocenters. The van der Waals surface area contributed by atoms with Gasteiger partial charge in [0.2, 0.25) is 0 Å². The van der Waals surface area contributed by atoms with Crippen molar-refractivity contribution in [3.63, 3.8) is 0 Å². The SMILES string of the molecule is CN(CCOCC1CC1)c1ccncc1CNC(C)(C)C. The third-order valence-corrected chi connectivity index (χ3v) is 3.72. The number of aromatic nitrogens is 1. The number of nitrogens with one attached hydrogen (secondary N) is 1. The van der Waals surface area contributed by atoms with Crippen LogP contribution < -0.4 is 10.2 Å². The Kier molecular flexibility index (Phi) is 5.59. The molecular formula is C17H29N3O. The number of ether oxygens (including phenoxy) is 1. The standard InChI is InChI=1S/C17H29N3O/c1-17(2,3)19-12-15-11-18-8-7-16(15)20(4)9-10-21-13-14-5-6-14/h7-8,11,14,19H,5-6,9-10,12-13H2,1-4H3. The molecule has 0 saturated heterocycles. The highest BCUT2D eigenvalue weighted by Gasteiger charge is 2.21. The second-order valence-electron chi connectivity index (χ2n) is 7.05. The molecule has 0 amide bonds. The third kappa shape index (κ3) is 6.02. The van der Waals surface area contributed by atoms with E-state index in [9.17, 15) is 0 Å². The molecule has 1 aromatic rings. The molecule has 1 saturated carbocycles. The zero-order valence-corrected chi connectivity index (χ0v) is 13.9. The summed E-state index contributed by atoms with van der Waals surface area (Å²) < 4.78 is 5.73. The van der Waals surface area contributed by atoms with E-state index in [0.29, 0.717) is 0 Å². The summed E-state index contributed by atoms with van der Waals surface area (Å²) in [5, 5.41) is 3.53. The van der Waals surface area contributed by atoms with E-state index in [4.69, 9.17) is 4.74 Å². The molecular weight excluding hydrogens is 262 g/mol. The van der Waals surface area contributed by atoms with Crippen LogP contribution in [0.5, 0.6) is 0 Å². The van der Waals surface area contributed by atoms with Crippen molar-refractivity contribution in [2.45, 2.75) is 45.7 Å². The van der Waals surface area contributed by atoms with E-state index < -0.39 is 0 Å². The lowest BCUT2D eigenvalue weighted by molar-refractivity contribution is 0.131. The summed E-state index contributed by atoms with van der Waals surface area (Å²) in [6.45, 7) is 10.0. The molecule has 1 fully saturated rings. The molecule has 1 heterocycles. The van der Waals surface area contributed by atoms with Crippen LogP contribution in [0.15, 0.2) is 18.5 Å². The lowest BCUT2D eigenvalue weighted by Crippen LogP contribution is -2.35. The summed E-state index contributed by atoms with van der Waals surface area (Å²) in [6.07, 6.45) is 6.51. The normalized spacial score (nSPS) is 15.2. The van der Waals surface area contributed by atoms with E-state index in [1.54, 1.807) is 0 Å². The van der Waals surface area contributed by atoms with E-state index in [2.05, 4.69) is 49.1 Å². The molecule has 0 radical (unpaired) electrons. The Morgan fingerprint density at radius 3 is 2.81 bits per heavy atom. The largest absolute Gasteiger partial charge is 0.379 e. The predicted octanol–water partition coefficient (Wildman–Crippen LogP) is 2.83. The average molecular weight is 291 g/mol. The minimum Gasteiger partial charge on any atom is -0.379 e. The van der Waals surface area contributed by atoms with Crippen LogP contribution in [0.1, 0.15) is 39.2 Å². The van der Waals surface area contributed by atoms with Gasteiger partial charge in [-0.1, -0.05) is 0 Å². The van der Waals surface area contributed by atoms with Gasteiger partial charge in [0.25, 0.3) is 0 Å². The van der Waals surface area contributed by atoms with Crippen LogP contribution in [0.2, 0.25) is 0 Å². The van der Waals surface area contributed by atoms with Crippen LogP contribution in [0, 0.1) is 5.92 Å². The number of pyridine rings is 1. The molecule has 1 aromatic heterocycles. The number of nitrogens with zero attached hydrogens (tertiary/aromatic N) is 2. The summed E-state index contributed by atoms with van der Waals surface area (Å²) in [4.78, 5) is 6.52. The van der Waals surface area contributed by atoms with Crippen molar-refractivity contribution in [1.29, 1.82) is 0 Å². The summed E-state index contributed by atoms with van der Waals surface area (Å²) >= 11 is 0. The molecule has 1 aliphatic carbocycles. The molecule has 0 aromatic carbocycles. The van der Waals surface area contributed by atoms with Gasteiger partial charge in [0.05, 0.1) is 6.61 Å². The topological polar surface area (TPSA) is 37.4 Å². The number of rotatable bonds is 8. The number of hydrogen-bond acceptors (Lipinski definition) is 4. The summed E-state index contributed by atoms with van der Waals surface area (Å²) in [7, 11) is 2.12.